The normalized spacial score (nSPS) is 10.2. The number of carbonyl (C=O) groups is 1. The maximum absolute atomic E-state index is 13.2. The number of amides is 1. The molecule has 1 amide bonds. The number of aromatic amines is 1. The Bertz CT molecular complexity index is 555. The summed E-state index contributed by atoms with van der Waals surface area (Å²) in [5.74, 6) is 0.0927. The molecule has 19 heavy (non-hydrogen) atoms. The predicted molar refractivity (Wildman–Crippen MR) is 67.6 cm³/mol. The van der Waals surface area contributed by atoms with Gasteiger partial charge in [-0.15, -0.1) is 0 Å². The monoisotopic (exact) mass is 263 g/mol. The van der Waals surface area contributed by atoms with Gasteiger partial charge in [0.2, 0.25) is 0 Å². The Hall–Kier alpha value is -2.37. The Balaban J connectivity index is 1.92. The highest BCUT2D eigenvalue weighted by Gasteiger charge is 2.09. The third kappa shape index (κ3) is 3.31. The number of carbonyl (C=O) groups excluding carboxylic acids is 1. The lowest BCUT2D eigenvalue weighted by molar-refractivity contribution is 0.0953. The van der Waals surface area contributed by atoms with Crippen molar-refractivity contribution in [3.8, 4) is 5.75 Å². The van der Waals surface area contributed by atoms with Crippen molar-refractivity contribution in [2.75, 3.05) is 13.7 Å². The Labute approximate surface area is 109 Å². The summed E-state index contributed by atoms with van der Waals surface area (Å²) in [5, 5.41) is 2.73. The molecule has 5 nitrogen and oxygen atoms in total. The van der Waals surface area contributed by atoms with Gasteiger partial charge in [0.05, 0.1) is 7.11 Å². The van der Waals surface area contributed by atoms with E-state index in [1.54, 1.807) is 12.4 Å². The lowest BCUT2D eigenvalue weighted by Gasteiger charge is -2.06. The molecule has 0 bridgehead atoms. The van der Waals surface area contributed by atoms with Crippen LogP contribution in [0.25, 0.3) is 0 Å². The topological polar surface area (TPSA) is 67.0 Å². The zero-order valence-electron chi connectivity index (χ0n) is 10.4. The molecular formula is C13H14FN3O2. The minimum atomic E-state index is -0.491. The van der Waals surface area contributed by atoms with Crippen LogP contribution in [0.4, 0.5) is 4.39 Å². The number of nitrogens with one attached hydrogen (secondary N) is 2. The summed E-state index contributed by atoms with van der Waals surface area (Å²) in [4.78, 5) is 18.8. The molecule has 0 spiro atoms. The number of nitrogens with zero attached hydrogens (tertiary/aromatic N) is 1. The number of halogens is 1. The smallest absolute Gasteiger partial charge is 0.251 e. The van der Waals surface area contributed by atoms with Gasteiger partial charge < -0.3 is 15.0 Å². The molecule has 1 aromatic carbocycles. The van der Waals surface area contributed by atoms with Gasteiger partial charge in [-0.2, -0.15) is 0 Å². The van der Waals surface area contributed by atoms with E-state index in [2.05, 4.69) is 15.3 Å². The molecule has 0 radical (unpaired) electrons. The van der Waals surface area contributed by atoms with E-state index in [0.717, 1.165) is 5.82 Å². The van der Waals surface area contributed by atoms with Gasteiger partial charge in [-0.25, -0.2) is 9.37 Å². The second-order valence-electron chi connectivity index (χ2n) is 3.89. The molecule has 2 N–H and O–H groups in total. The van der Waals surface area contributed by atoms with Crippen molar-refractivity contribution in [2.45, 2.75) is 6.42 Å². The third-order valence-corrected chi connectivity index (χ3v) is 2.62. The largest absolute Gasteiger partial charge is 0.494 e. The van der Waals surface area contributed by atoms with Crippen molar-refractivity contribution in [3.05, 3.63) is 47.8 Å². The summed E-state index contributed by atoms with van der Waals surface area (Å²) in [7, 11) is 1.36. The van der Waals surface area contributed by atoms with E-state index in [1.165, 1.54) is 25.3 Å². The van der Waals surface area contributed by atoms with Gasteiger partial charge in [0, 0.05) is 30.9 Å². The lowest BCUT2D eigenvalue weighted by Crippen LogP contribution is -2.26. The van der Waals surface area contributed by atoms with E-state index in [0.29, 0.717) is 18.5 Å². The molecule has 0 fully saturated rings. The molecule has 0 atom stereocenters. The van der Waals surface area contributed by atoms with E-state index >= 15 is 0 Å². The van der Waals surface area contributed by atoms with Gasteiger partial charge in [-0.3, -0.25) is 4.79 Å². The van der Waals surface area contributed by atoms with E-state index < -0.39 is 5.82 Å². The van der Waals surface area contributed by atoms with Crippen molar-refractivity contribution in [3.63, 3.8) is 0 Å². The highest BCUT2D eigenvalue weighted by Crippen LogP contribution is 2.17. The second-order valence-corrected chi connectivity index (χ2v) is 3.89. The summed E-state index contributed by atoms with van der Waals surface area (Å²) >= 11 is 0. The van der Waals surface area contributed by atoms with Gasteiger partial charge in [0.1, 0.15) is 5.82 Å². The molecule has 0 aliphatic carbocycles. The Morgan fingerprint density at radius 3 is 3.05 bits per heavy atom. The number of methoxy groups -OCH3 is 1. The molecular weight excluding hydrogens is 249 g/mol. The minimum Gasteiger partial charge on any atom is -0.494 e. The molecule has 1 heterocycles. The van der Waals surface area contributed by atoms with Crippen molar-refractivity contribution >= 4 is 5.91 Å². The van der Waals surface area contributed by atoms with E-state index in [-0.39, 0.29) is 11.7 Å². The van der Waals surface area contributed by atoms with Crippen LogP contribution in [0.3, 0.4) is 0 Å². The summed E-state index contributed by atoms with van der Waals surface area (Å²) < 4.78 is 18.0. The molecule has 0 unspecified atom stereocenters. The fourth-order valence-electron chi connectivity index (χ4n) is 1.63. The quantitative estimate of drug-likeness (QED) is 0.859. The fourth-order valence-corrected chi connectivity index (χ4v) is 1.63. The van der Waals surface area contributed by atoms with Crippen LogP contribution >= 0.6 is 0 Å². The first-order valence-electron chi connectivity index (χ1n) is 5.80. The van der Waals surface area contributed by atoms with E-state index in [9.17, 15) is 9.18 Å². The summed E-state index contributed by atoms with van der Waals surface area (Å²) in [6, 6.07) is 4.00. The standard InChI is InChI=1S/C13H14FN3O2/c1-19-11-8-9(2-3-10(11)14)13(18)17-5-4-12-15-6-7-16-12/h2-3,6-8H,4-5H2,1H3,(H,15,16)(H,17,18). The SMILES string of the molecule is COc1cc(C(=O)NCCc2ncc[nH]2)ccc1F. The van der Waals surface area contributed by atoms with Crippen LogP contribution in [0.2, 0.25) is 0 Å². The second kappa shape index (κ2) is 5.99. The first-order valence-corrected chi connectivity index (χ1v) is 5.80. The average Bonchev–Trinajstić information content (AvgIpc) is 2.92. The van der Waals surface area contributed by atoms with Crippen LogP contribution in [-0.2, 0) is 6.42 Å². The van der Waals surface area contributed by atoms with Gasteiger partial charge in [-0.05, 0) is 18.2 Å². The molecule has 0 aliphatic heterocycles. The van der Waals surface area contributed by atoms with Crippen LogP contribution in [0, 0.1) is 5.82 Å². The number of aromatic nitrogens is 2. The summed E-state index contributed by atoms with van der Waals surface area (Å²) in [5.41, 5.74) is 0.359. The number of H-pyrrole nitrogens is 1. The van der Waals surface area contributed by atoms with Gasteiger partial charge in [-0.1, -0.05) is 0 Å². The molecule has 0 aliphatic rings. The van der Waals surface area contributed by atoms with E-state index in [1.807, 2.05) is 0 Å². The van der Waals surface area contributed by atoms with Gasteiger partial charge in [0.15, 0.2) is 11.6 Å². The van der Waals surface area contributed by atoms with Crippen molar-refractivity contribution in [2.24, 2.45) is 0 Å². The molecule has 0 saturated heterocycles. The van der Waals surface area contributed by atoms with Crippen LogP contribution in [0.1, 0.15) is 16.2 Å². The molecule has 1 aromatic heterocycles. The molecule has 6 heteroatoms. The van der Waals surface area contributed by atoms with Crippen LogP contribution in [-0.4, -0.2) is 29.5 Å². The number of ether oxygens (including phenoxy) is 1. The number of benzene rings is 1. The Morgan fingerprint density at radius 1 is 1.53 bits per heavy atom. The first-order chi connectivity index (χ1) is 9.20. The molecule has 100 valence electrons. The molecule has 2 rings (SSSR count). The third-order valence-electron chi connectivity index (χ3n) is 2.62. The maximum Gasteiger partial charge on any atom is 0.251 e. The fraction of sp³-hybridized carbons (Fsp3) is 0.231. The van der Waals surface area contributed by atoms with Gasteiger partial charge in [0.25, 0.3) is 5.91 Å². The summed E-state index contributed by atoms with van der Waals surface area (Å²) in [6.07, 6.45) is 3.99. The van der Waals surface area contributed by atoms with Crippen LogP contribution in [0.15, 0.2) is 30.6 Å². The Morgan fingerprint density at radius 2 is 2.37 bits per heavy atom. The van der Waals surface area contributed by atoms with Crippen LogP contribution < -0.4 is 10.1 Å². The van der Waals surface area contributed by atoms with Crippen molar-refractivity contribution in [1.29, 1.82) is 0 Å². The average molecular weight is 263 g/mol. The maximum atomic E-state index is 13.2. The Kier molecular flexibility index (Phi) is 4.12. The van der Waals surface area contributed by atoms with Crippen molar-refractivity contribution in [1.82, 2.24) is 15.3 Å². The number of hydrogen-bond donors (Lipinski definition) is 2. The zero-order valence-corrected chi connectivity index (χ0v) is 10.4. The lowest BCUT2D eigenvalue weighted by atomic mass is 10.2. The molecule has 2 aromatic rings. The number of hydrogen-bond acceptors (Lipinski definition) is 3. The number of rotatable bonds is 5. The highest BCUT2D eigenvalue weighted by molar-refractivity contribution is 5.94. The van der Waals surface area contributed by atoms with Gasteiger partial charge >= 0.3 is 0 Å². The van der Waals surface area contributed by atoms with E-state index in [4.69, 9.17) is 4.74 Å². The highest BCUT2D eigenvalue weighted by atomic mass is 19.1. The minimum absolute atomic E-state index is 0.0543. The number of imidazole rings is 1. The molecule has 0 saturated carbocycles. The van der Waals surface area contributed by atoms with Crippen molar-refractivity contribution < 1.29 is 13.9 Å². The first kappa shape index (κ1) is 13.1. The zero-order chi connectivity index (χ0) is 13.7. The predicted octanol–water partition coefficient (Wildman–Crippen LogP) is 1.53. The van der Waals surface area contributed by atoms with Crippen LogP contribution in [0.5, 0.6) is 5.75 Å². The summed E-state index contributed by atoms with van der Waals surface area (Å²) in [6.45, 7) is 0.450.